The summed E-state index contributed by atoms with van der Waals surface area (Å²) < 4.78 is 21.3. The van der Waals surface area contributed by atoms with Gasteiger partial charge in [0.15, 0.2) is 5.92 Å². The van der Waals surface area contributed by atoms with Crippen LogP contribution in [0.3, 0.4) is 0 Å². The summed E-state index contributed by atoms with van der Waals surface area (Å²) in [7, 11) is 1.19. The van der Waals surface area contributed by atoms with Gasteiger partial charge >= 0.3 is 24.0 Å². The molecule has 0 aromatic heterocycles. The molecule has 0 saturated heterocycles. The van der Waals surface area contributed by atoms with Crippen molar-refractivity contribution in [3.8, 4) is 0 Å². The predicted octanol–water partition coefficient (Wildman–Crippen LogP) is 5.65. The van der Waals surface area contributed by atoms with Crippen molar-refractivity contribution < 1.29 is 38.1 Å². The van der Waals surface area contributed by atoms with Gasteiger partial charge in [0.2, 0.25) is 0 Å². The minimum atomic E-state index is -1.36. The lowest BCUT2D eigenvalue weighted by atomic mass is 9.90. The first-order valence-corrected chi connectivity index (χ1v) is 12.6. The van der Waals surface area contributed by atoms with E-state index in [2.05, 4.69) is 5.32 Å². The number of hydrogen-bond donors (Lipinski definition) is 1. The number of hydrogen-bond acceptors (Lipinski definition) is 8. The van der Waals surface area contributed by atoms with Crippen LogP contribution in [0.1, 0.15) is 79.4 Å². The molecule has 212 valence electrons. The first-order valence-electron chi connectivity index (χ1n) is 12.6. The maximum absolute atomic E-state index is 13.3. The SMILES string of the molecule is COC(=O)/C(=C/c1ccc(C(C(=O)OC(C)(C)C)C(=O)OC(C)(C)C)c2ccccc12)NC(=O)OC(C)(C)C. The lowest BCUT2D eigenvalue weighted by Gasteiger charge is -2.27. The monoisotopic (exact) mass is 541 g/mol. The smallest absolute Gasteiger partial charge is 0.412 e. The molecular formula is C30H39NO8. The molecule has 39 heavy (non-hydrogen) atoms. The van der Waals surface area contributed by atoms with Gasteiger partial charge in [-0.1, -0.05) is 36.4 Å². The molecule has 9 heteroatoms. The fourth-order valence-corrected chi connectivity index (χ4v) is 3.62. The number of methoxy groups -OCH3 is 1. The molecule has 0 bridgehead atoms. The van der Waals surface area contributed by atoms with Gasteiger partial charge in [0.25, 0.3) is 0 Å². The van der Waals surface area contributed by atoms with Crippen molar-refractivity contribution in [2.45, 2.75) is 85.0 Å². The zero-order valence-corrected chi connectivity index (χ0v) is 24.4. The van der Waals surface area contributed by atoms with E-state index < -0.39 is 46.7 Å². The zero-order chi connectivity index (χ0) is 29.8. The Bertz CT molecular complexity index is 1240. The molecular weight excluding hydrogens is 502 g/mol. The second-order valence-corrected chi connectivity index (χ2v) is 12.0. The van der Waals surface area contributed by atoms with Crippen LogP contribution < -0.4 is 5.32 Å². The van der Waals surface area contributed by atoms with E-state index in [0.29, 0.717) is 21.9 Å². The second-order valence-electron chi connectivity index (χ2n) is 12.0. The fourth-order valence-electron chi connectivity index (χ4n) is 3.62. The Labute approximate surface area is 229 Å². The van der Waals surface area contributed by atoms with Crippen molar-refractivity contribution in [2.24, 2.45) is 0 Å². The molecule has 1 amide bonds. The number of carbonyl (C=O) groups is 4. The van der Waals surface area contributed by atoms with Crippen LogP contribution in [0.15, 0.2) is 42.1 Å². The molecule has 0 aliphatic carbocycles. The van der Waals surface area contributed by atoms with Gasteiger partial charge in [0, 0.05) is 0 Å². The number of amides is 1. The third-order valence-corrected chi connectivity index (χ3v) is 4.93. The van der Waals surface area contributed by atoms with Gasteiger partial charge in [-0.25, -0.2) is 9.59 Å². The summed E-state index contributed by atoms with van der Waals surface area (Å²) in [5, 5.41) is 3.61. The van der Waals surface area contributed by atoms with E-state index in [1.807, 2.05) is 0 Å². The number of esters is 3. The van der Waals surface area contributed by atoms with Crippen molar-refractivity contribution in [1.29, 1.82) is 0 Å². The molecule has 0 atom stereocenters. The summed E-state index contributed by atoms with van der Waals surface area (Å²) in [6.45, 7) is 15.4. The molecule has 2 rings (SSSR count). The average molecular weight is 542 g/mol. The van der Waals surface area contributed by atoms with Crippen LogP contribution in [0.2, 0.25) is 0 Å². The van der Waals surface area contributed by atoms with E-state index in [9.17, 15) is 19.2 Å². The number of ether oxygens (including phenoxy) is 4. The zero-order valence-electron chi connectivity index (χ0n) is 24.4. The normalized spacial score (nSPS) is 12.6. The molecule has 2 aromatic carbocycles. The third kappa shape index (κ3) is 9.42. The number of fused-ring (bicyclic) bond motifs is 1. The molecule has 0 aliphatic heterocycles. The number of alkyl carbamates (subject to hydrolysis) is 1. The van der Waals surface area contributed by atoms with Gasteiger partial charge in [-0.05, 0) is 90.3 Å². The Morgan fingerprint density at radius 2 is 1.21 bits per heavy atom. The summed E-state index contributed by atoms with van der Waals surface area (Å²) in [5.41, 5.74) is -1.70. The molecule has 0 fully saturated rings. The van der Waals surface area contributed by atoms with Crippen LogP contribution in [-0.4, -0.2) is 47.9 Å². The molecule has 0 radical (unpaired) electrons. The summed E-state index contributed by atoms with van der Waals surface area (Å²) in [4.78, 5) is 51.5. The predicted molar refractivity (Wildman–Crippen MR) is 148 cm³/mol. The van der Waals surface area contributed by atoms with Gasteiger partial charge in [0.05, 0.1) is 7.11 Å². The fraction of sp³-hybridized carbons (Fsp3) is 0.467. The van der Waals surface area contributed by atoms with Crippen molar-refractivity contribution >= 4 is 40.8 Å². The molecule has 0 saturated carbocycles. The third-order valence-electron chi connectivity index (χ3n) is 4.93. The molecule has 9 nitrogen and oxygen atoms in total. The Balaban J connectivity index is 2.69. The van der Waals surface area contributed by atoms with Crippen molar-refractivity contribution in [3.05, 3.63) is 53.2 Å². The Hall–Kier alpha value is -3.88. The quantitative estimate of drug-likeness (QED) is 0.216. The van der Waals surface area contributed by atoms with E-state index in [0.717, 1.165) is 0 Å². The van der Waals surface area contributed by atoms with E-state index in [1.54, 1.807) is 98.7 Å². The van der Waals surface area contributed by atoms with Crippen LogP contribution in [0.4, 0.5) is 4.79 Å². The van der Waals surface area contributed by atoms with Gasteiger partial charge in [0.1, 0.15) is 22.5 Å². The van der Waals surface area contributed by atoms with Crippen LogP contribution >= 0.6 is 0 Å². The van der Waals surface area contributed by atoms with E-state index in [-0.39, 0.29) is 5.70 Å². The van der Waals surface area contributed by atoms with Crippen molar-refractivity contribution in [2.75, 3.05) is 7.11 Å². The topological polar surface area (TPSA) is 117 Å². The summed E-state index contributed by atoms with van der Waals surface area (Å²) in [6, 6.07) is 10.3. The molecule has 0 spiro atoms. The van der Waals surface area contributed by atoms with Crippen molar-refractivity contribution in [3.63, 3.8) is 0 Å². The molecule has 1 N–H and O–H groups in total. The van der Waals surface area contributed by atoms with E-state index >= 15 is 0 Å². The molecule has 0 unspecified atom stereocenters. The largest absolute Gasteiger partial charge is 0.464 e. The standard InChI is InChI=1S/C30H39NO8/c1-28(2,3)37-25(33)23(26(34)38-29(4,5)6)21-16-15-18(19-13-11-12-14-20(19)21)17-22(24(32)36-10)31-27(35)39-30(7,8)9/h11-17,23H,1-10H3,(H,31,35)/b22-17-. The Kier molecular flexibility index (Phi) is 9.55. The van der Waals surface area contributed by atoms with Gasteiger partial charge in [-0.3, -0.25) is 14.9 Å². The lowest BCUT2D eigenvalue weighted by molar-refractivity contribution is -0.169. The van der Waals surface area contributed by atoms with Crippen LogP contribution in [0.25, 0.3) is 16.8 Å². The first-order chi connectivity index (χ1) is 17.8. The lowest BCUT2D eigenvalue weighted by Crippen LogP contribution is -2.35. The van der Waals surface area contributed by atoms with Crippen molar-refractivity contribution in [1.82, 2.24) is 5.32 Å². The Morgan fingerprint density at radius 3 is 1.67 bits per heavy atom. The highest BCUT2D eigenvalue weighted by Crippen LogP contribution is 2.33. The average Bonchev–Trinajstić information content (AvgIpc) is 2.75. The van der Waals surface area contributed by atoms with Gasteiger partial charge in [-0.15, -0.1) is 0 Å². The van der Waals surface area contributed by atoms with Gasteiger partial charge in [-0.2, -0.15) is 0 Å². The van der Waals surface area contributed by atoms with E-state index in [4.69, 9.17) is 18.9 Å². The Morgan fingerprint density at radius 1 is 0.718 bits per heavy atom. The molecule has 2 aromatic rings. The van der Waals surface area contributed by atoms with Crippen LogP contribution in [0, 0.1) is 0 Å². The number of benzene rings is 2. The highest BCUT2D eigenvalue weighted by Gasteiger charge is 2.37. The maximum atomic E-state index is 13.3. The second kappa shape index (κ2) is 11.9. The molecule has 0 heterocycles. The minimum Gasteiger partial charge on any atom is -0.464 e. The minimum absolute atomic E-state index is 0.152. The number of rotatable bonds is 6. The number of nitrogens with one attached hydrogen (secondary N) is 1. The van der Waals surface area contributed by atoms with Crippen LogP contribution in [0.5, 0.6) is 0 Å². The number of carbonyl (C=O) groups excluding carboxylic acids is 4. The highest BCUT2D eigenvalue weighted by molar-refractivity contribution is 6.07. The summed E-state index contributed by atoms with van der Waals surface area (Å²) in [6.07, 6.45) is 0.618. The van der Waals surface area contributed by atoms with E-state index in [1.165, 1.54) is 13.2 Å². The highest BCUT2D eigenvalue weighted by atomic mass is 16.6. The molecule has 0 aliphatic rings. The van der Waals surface area contributed by atoms with Crippen LogP contribution in [-0.2, 0) is 33.3 Å². The summed E-state index contributed by atoms with van der Waals surface area (Å²) in [5.74, 6) is -3.63. The maximum Gasteiger partial charge on any atom is 0.412 e. The van der Waals surface area contributed by atoms with Gasteiger partial charge < -0.3 is 18.9 Å². The summed E-state index contributed by atoms with van der Waals surface area (Å²) >= 11 is 0. The first kappa shape index (κ1) is 31.3.